The molecule has 1 aromatic heterocycles. The Balaban J connectivity index is 0.00000121. The van der Waals surface area contributed by atoms with Gasteiger partial charge in [0.15, 0.2) is 5.01 Å². The van der Waals surface area contributed by atoms with Gasteiger partial charge in [-0.3, -0.25) is 0 Å². The van der Waals surface area contributed by atoms with Gasteiger partial charge in [-0.25, -0.2) is 0 Å². The van der Waals surface area contributed by atoms with Gasteiger partial charge in [-0.15, -0.1) is 5.10 Å². The minimum atomic E-state index is 0. The highest BCUT2D eigenvalue weighted by molar-refractivity contribution is 7.16. The average molecular weight is 321 g/mol. The second-order valence-corrected chi connectivity index (χ2v) is 5.95. The van der Waals surface area contributed by atoms with Crippen LogP contribution in [0.1, 0.15) is 40.5 Å². The topological polar surface area (TPSA) is 47.0 Å². The number of benzene rings is 1. The number of nitrogens with zero attached hydrogens (tertiary/aromatic N) is 2. The van der Waals surface area contributed by atoms with Crippen LogP contribution in [0.15, 0.2) is 30.3 Å². The van der Waals surface area contributed by atoms with Crippen LogP contribution in [-0.2, 0) is 0 Å². The van der Waals surface area contributed by atoms with E-state index in [1.807, 2.05) is 30.3 Å². The third-order valence-corrected chi connectivity index (χ3v) is 4.33. The summed E-state index contributed by atoms with van der Waals surface area (Å²) in [6, 6.07) is 10.1. The van der Waals surface area contributed by atoms with Gasteiger partial charge in [-0.05, 0) is 38.8 Å². The largest absolute Gasteiger partial charge is 0.466 e. The minimum absolute atomic E-state index is 0. The summed E-state index contributed by atoms with van der Waals surface area (Å²) in [7, 11) is 0. The van der Waals surface area contributed by atoms with E-state index in [0.717, 1.165) is 36.5 Å². The molecule has 0 bridgehead atoms. The highest BCUT2D eigenvalue weighted by Gasteiger charge is 2.15. The van der Waals surface area contributed by atoms with Crippen LogP contribution in [0.5, 0.6) is 5.19 Å². The molecule has 1 aliphatic rings. The zero-order valence-corrected chi connectivity index (χ0v) is 12.2. The van der Waals surface area contributed by atoms with Crippen molar-refractivity contribution in [2.75, 3.05) is 13.1 Å². The monoisotopic (exact) mass is 321 g/mol. The maximum atomic E-state index is 6.00. The number of rotatable bonds is 3. The lowest BCUT2D eigenvalue weighted by molar-refractivity contribution is 0.169. The zero-order valence-electron chi connectivity index (χ0n) is 11.4. The molecule has 1 fully saturated rings. The van der Waals surface area contributed by atoms with E-state index >= 15 is 0 Å². The molecule has 1 aromatic carbocycles. The molecule has 1 aliphatic heterocycles. The van der Waals surface area contributed by atoms with Gasteiger partial charge >= 0.3 is 0 Å². The maximum absolute atomic E-state index is 6.00. The second-order valence-electron chi connectivity index (χ2n) is 5.01. The summed E-state index contributed by atoms with van der Waals surface area (Å²) < 4.78 is 6.00. The first kappa shape index (κ1) is 18.6. The van der Waals surface area contributed by atoms with E-state index in [2.05, 4.69) is 15.5 Å². The molecule has 1 N–H and O–H groups in total. The van der Waals surface area contributed by atoms with Gasteiger partial charge in [-0.2, -0.15) is 0 Å². The van der Waals surface area contributed by atoms with Gasteiger partial charge in [0.25, 0.3) is 5.19 Å². The Labute approximate surface area is 137 Å². The summed E-state index contributed by atoms with van der Waals surface area (Å²) in [6.45, 7) is 2.15. The molecule has 5 heteroatoms. The molecule has 1 atom stereocenters. The van der Waals surface area contributed by atoms with Gasteiger partial charge in [0, 0.05) is 5.56 Å². The molecule has 0 amide bonds. The van der Waals surface area contributed by atoms with Gasteiger partial charge < -0.3 is 10.1 Å². The lowest BCUT2D eigenvalue weighted by atomic mass is 10.1. The first-order chi connectivity index (χ1) is 9.92. The number of hydrogen-bond donors (Lipinski definition) is 1. The Hall–Kier alpha value is -1.46. The van der Waals surface area contributed by atoms with Crippen LogP contribution in [0.2, 0.25) is 0 Å². The first-order valence-corrected chi connectivity index (χ1v) is 8.00. The lowest BCUT2D eigenvalue weighted by Gasteiger charge is -2.19. The van der Waals surface area contributed by atoms with Gasteiger partial charge in [0.1, 0.15) is 6.10 Å². The van der Waals surface area contributed by atoms with Crippen LogP contribution in [0.25, 0.3) is 10.6 Å². The van der Waals surface area contributed by atoms with Gasteiger partial charge in [0.2, 0.25) is 0 Å². The standard InChI is InChI=1S/C15H19N3OS.2CH4/c1-2-6-12(7-3-1)14-17-18-15(20-14)19-13-8-4-5-10-16-11-9-13;;/h1-3,6-7,13,16H,4-5,8-11H2;2*1H4. The average Bonchev–Trinajstić information content (AvgIpc) is 2.91. The summed E-state index contributed by atoms with van der Waals surface area (Å²) in [6.07, 6.45) is 4.86. The Bertz CT molecular complexity index is 522. The van der Waals surface area contributed by atoms with E-state index in [1.165, 1.54) is 24.2 Å². The van der Waals surface area contributed by atoms with E-state index < -0.39 is 0 Å². The van der Waals surface area contributed by atoms with Gasteiger partial charge in [0.05, 0.1) is 0 Å². The fourth-order valence-corrected chi connectivity index (χ4v) is 3.14. The van der Waals surface area contributed by atoms with Crippen molar-refractivity contribution < 1.29 is 4.74 Å². The van der Waals surface area contributed by atoms with Crippen molar-refractivity contribution in [1.82, 2.24) is 15.5 Å². The van der Waals surface area contributed by atoms with Crippen molar-refractivity contribution in [1.29, 1.82) is 0 Å². The normalized spacial score (nSPS) is 18.3. The van der Waals surface area contributed by atoms with E-state index in [4.69, 9.17) is 4.74 Å². The molecule has 122 valence electrons. The molecule has 0 radical (unpaired) electrons. The van der Waals surface area contributed by atoms with Crippen molar-refractivity contribution in [3.8, 4) is 15.8 Å². The van der Waals surface area contributed by atoms with Crippen LogP contribution >= 0.6 is 11.3 Å². The third kappa shape index (κ3) is 5.07. The molecule has 1 saturated heterocycles. The minimum Gasteiger partial charge on any atom is -0.466 e. The lowest BCUT2D eigenvalue weighted by Crippen LogP contribution is -2.28. The van der Waals surface area contributed by atoms with E-state index in [1.54, 1.807) is 0 Å². The predicted octanol–water partition coefficient (Wildman–Crippen LogP) is 4.39. The summed E-state index contributed by atoms with van der Waals surface area (Å²) in [4.78, 5) is 0. The fraction of sp³-hybridized carbons (Fsp3) is 0.529. The number of hydrogen-bond acceptors (Lipinski definition) is 5. The van der Waals surface area contributed by atoms with E-state index in [0.29, 0.717) is 5.19 Å². The predicted molar refractivity (Wildman–Crippen MR) is 94.6 cm³/mol. The molecule has 0 aliphatic carbocycles. The Kier molecular flexibility index (Phi) is 8.06. The highest BCUT2D eigenvalue weighted by atomic mass is 32.1. The van der Waals surface area contributed by atoms with E-state index in [9.17, 15) is 0 Å². The van der Waals surface area contributed by atoms with Gasteiger partial charge in [-0.1, -0.05) is 61.6 Å². The molecule has 22 heavy (non-hydrogen) atoms. The van der Waals surface area contributed by atoms with Crippen molar-refractivity contribution in [3.63, 3.8) is 0 Å². The summed E-state index contributed by atoms with van der Waals surface area (Å²) in [5.74, 6) is 0. The zero-order chi connectivity index (χ0) is 13.6. The number of aromatic nitrogens is 2. The number of ether oxygens (including phenoxy) is 1. The van der Waals surface area contributed by atoms with Crippen LogP contribution < -0.4 is 10.1 Å². The van der Waals surface area contributed by atoms with E-state index in [-0.39, 0.29) is 21.0 Å². The summed E-state index contributed by atoms with van der Waals surface area (Å²) in [5, 5.41) is 13.4. The Morgan fingerprint density at radius 3 is 2.64 bits per heavy atom. The van der Waals surface area contributed by atoms with Crippen molar-refractivity contribution in [2.45, 2.75) is 46.6 Å². The van der Waals surface area contributed by atoms with Crippen LogP contribution in [0.3, 0.4) is 0 Å². The summed E-state index contributed by atoms with van der Waals surface area (Å²) >= 11 is 1.53. The Morgan fingerprint density at radius 2 is 1.82 bits per heavy atom. The quantitative estimate of drug-likeness (QED) is 0.911. The fourth-order valence-electron chi connectivity index (χ4n) is 2.37. The van der Waals surface area contributed by atoms with Crippen molar-refractivity contribution in [3.05, 3.63) is 30.3 Å². The van der Waals surface area contributed by atoms with Crippen LogP contribution in [0, 0.1) is 0 Å². The summed E-state index contributed by atoms with van der Waals surface area (Å²) in [5.41, 5.74) is 1.10. The molecule has 4 nitrogen and oxygen atoms in total. The van der Waals surface area contributed by atoms with Crippen molar-refractivity contribution >= 4 is 11.3 Å². The molecular weight excluding hydrogens is 294 g/mol. The molecule has 2 aromatic rings. The van der Waals surface area contributed by atoms with Crippen LogP contribution in [0.4, 0.5) is 0 Å². The second kappa shape index (κ2) is 9.54. The van der Waals surface area contributed by atoms with Crippen molar-refractivity contribution in [2.24, 2.45) is 0 Å². The third-order valence-electron chi connectivity index (χ3n) is 3.47. The molecule has 1 unspecified atom stereocenters. The molecule has 2 heterocycles. The first-order valence-electron chi connectivity index (χ1n) is 7.18. The van der Waals surface area contributed by atoms with Crippen LogP contribution in [-0.4, -0.2) is 29.4 Å². The molecule has 0 saturated carbocycles. The smallest absolute Gasteiger partial charge is 0.294 e. The Morgan fingerprint density at radius 1 is 1.00 bits per heavy atom. The SMILES string of the molecule is C.C.c1ccc(-c2nnc(OC3CCCCNCC3)s2)cc1. The molecular formula is C17H27N3OS. The number of nitrogens with one attached hydrogen (secondary N) is 1. The highest BCUT2D eigenvalue weighted by Crippen LogP contribution is 2.29. The molecule has 3 rings (SSSR count). The molecule has 0 spiro atoms. The maximum Gasteiger partial charge on any atom is 0.294 e.